The third kappa shape index (κ3) is 7.73. The van der Waals surface area contributed by atoms with Gasteiger partial charge in [0.1, 0.15) is 0 Å². The van der Waals surface area contributed by atoms with E-state index in [0.29, 0.717) is 17.5 Å². The molecule has 0 aromatic heterocycles. The molecule has 0 aromatic carbocycles. The molecule has 0 aromatic rings. The highest BCUT2D eigenvalue weighted by molar-refractivity contribution is 7.48. The molecule has 0 radical (unpaired) electrons. The number of rotatable bonds is 7. The molecule has 14 heavy (non-hydrogen) atoms. The molecule has 0 aliphatic heterocycles. The van der Waals surface area contributed by atoms with Crippen LogP contribution in [0.15, 0.2) is 0 Å². The van der Waals surface area contributed by atoms with E-state index in [1.165, 1.54) is 0 Å². The fourth-order valence-corrected chi connectivity index (χ4v) is 2.34. The second-order valence-corrected chi connectivity index (χ2v) is 6.88. The van der Waals surface area contributed by atoms with E-state index in [2.05, 4.69) is 41.5 Å². The first-order valence-electron chi connectivity index (χ1n) is 5.48. The van der Waals surface area contributed by atoms with Gasteiger partial charge in [0, 0.05) is 5.66 Å². The molecule has 0 fully saturated rings. The highest BCUT2D eigenvalue weighted by Gasteiger charge is 2.16. The molecule has 0 atom stereocenters. The maximum absolute atomic E-state index is 5.76. The van der Waals surface area contributed by atoms with Gasteiger partial charge in [0.15, 0.2) is 8.38 Å². The van der Waals surface area contributed by atoms with Crippen LogP contribution in [0.2, 0.25) is 0 Å². The standard InChI is InChI=1S/C11H25O2P/c1-9(2)7-12-14(11(5)6)13-8-10(3)4/h9-11H,7-8H2,1-6H3. The molecule has 86 valence electrons. The smallest absolute Gasteiger partial charge is 0.173 e. The lowest BCUT2D eigenvalue weighted by atomic mass is 10.2. The number of hydrogen-bond donors (Lipinski definition) is 0. The van der Waals surface area contributed by atoms with Crippen molar-refractivity contribution in [2.75, 3.05) is 13.2 Å². The molecular weight excluding hydrogens is 195 g/mol. The Labute approximate surface area is 90.3 Å². The normalized spacial score (nSPS) is 12.4. The minimum Gasteiger partial charge on any atom is -0.334 e. The van der Waals surface area contributed by atoms with Gasteiger partial charge in [-0.2, -0.15) is 0 Å². The van der Waals surface area contributed by atoms with Crippen molar-refractivity contribution in [1.29, 1.82) is 0 Å². The second kappa shape index (κ2) is 7.62. The summed E-state index contributed by atoms with van der Waals surface area (Å²) >= 11 is 0. The first-order valence-corrected chi connectivity index (χ1v) is 6.73. The maximum Gasteiger partial charge on any atom is 0.173 e. The van der Waals surface area contributed by atoms with E-state index in [4.69, 9.17) is 9.05 Å². The average molecular weight is 220 g/mol. The Balaban J connectivity index is 3.78. The van der Waals surface area contributed by atoms with Crippen molar-refractivity contribution in [2.45, 2.75) is 47.2 Å². The molecule has 0 amide bonds. The predicted octanol–water partition coefficient (Wildman–Crippen LogP) is 4.05. The summed E-state index contributed by atoms with van der Waals surface area (Å²) in [5.74, 6) is 1.17. The summed E-state index contributed by atoms with van der Waals surface area (Å²) in [5, 5.41) is 0. The van der Waals surface area contributed by atoms with Crippen LogP contribution < -0.4 is 0 Å². The highest BCUT2D eigenvalue weighted by atomic mass is 31.2. The summed E-state index contributed by atoms with van der Waals surface area (Å²) in [6, 6.07) is 0. The quantitative estimate of drug-likeness (QED) is 0.602. The third-order valence-corrected chi connectivity index (χ3v) is 3.14. The van der Waals surface area contributed by atoms with Crippen LogP contribution in [-0.4, -0.2) is 18.9 Å². The van der Waals surface area contributed by atoms with Crippen molar-refractivity contribution < 1.29 is 9.05 Å². The fraction of sp³-hybridized carbons (Fsp3) is 1.00. The molecule has 0 aliphatic carbocycles. The molecule has 0 saturated heterocycles. The minimum absolute atomic E-state index is 0.488. The van der Waals surface area contributed by atoms with Crippen molar-refractivity contribution in [1.82, 2.24) is 0 Å². The molecule has 0 bridgehead atoms. The van der Waals surface area contributed by atoms with Gasteiger partial charge in [0.25, 0.3) is 0 Å². The lowest BCUT2D eigenvalue weighted by Crippen LogP contribution is -2.08. The van der Waals surface area contributed by atoms with Gasteiger partial charge >= 0.3 is 0 Å². The number of hydrogen-bond acceptors (Lipinski definition) is 2. The van der Waals surface area contributed by atoms with E-state index in [-0.39, 0.29) is 0 Å². The molecule has 3 heteroatoms. The zero-order chi connectivity index (χ0) is 11.1. The Morgan fingerprint density at radius 3 is 1.36 bits per heavy atom. The highest BCUT2D eigenvalue weighted by Crippen LogP contribution is 2.44. The second-order valence-electron chi connectivity index (χ2n) is 4.76. The van der Waals surface area contributed by atoms with Gasteiger partial charge in [-0.05, 0) is 11.8 Å². The topological polar surface area (TPSA) is 18.5 Å². The van der Waals surface area contributed by atoms with Crippen LogP contribution >= 0.6 is 8.38 Å². The summed E-state index contributed by atoms with van der Waals surface area (Å²) in [6.45, 7) is 14.6. The zero-order valence-electron chi connectivity index (χ0n) is 10.4. The van der Waals surface area contributed by atoms with Gasteiger partial charge in [-0.25, -0.2) is 0 Å². The minimum atomic E-state index is -0.685. The van der Waals surface area contributed by atoms with Crippen molar-refractivity contribution in [3.8, 4) is 0 Å². The van der Waals surface area contributed by atoms with Crippen molar-refractivity contribution in [3.63, 3.8) is 0 Å². The van der Waals surface area contributed by atoms with Gasteiger partial charge < -0.3 is 9.05 Å². The van der Waals surface area contributed by atoms with Crippen molar-refractivity contribution >= 4 is 8.38 Å². The lowest BCUT2D eigenvalue weighted by molar-refractivity contribution is 0.206. The molecule has 0 aliphatic rings. The van der Waals surface area contributed by atoms with Gasteiger partial charge in [-0.1, -0.05) is 41.5 Å². The van der Waals surface area contributed by atoms with E-state index in [0.717, 1.165) is 13.2 Å². The maximum atomic E-state index is 5.76. The summed E-state index contributed by atoms with van der Waals surface area (Å²) in [7, 11) is -0.685. The lowest BCUT2D eigenvalue weighted by Gasteiger charge is -2.22. The van der Waals surface area contributed by atoms with E-state index < -0.39 is 8.38 Å². The van der Waals surface area contributed by atoms with Crippen LogP contribution in [0.1, 0.15) is 41.5 Å². The van der Waals surface area contributed by atoms with E-state index in [9.17, 15) is 0 Å². The molecule has 0 rings (SSSR count). The van der Waals surface area contributed by atoms with Crippen LogP contribution in [0, 0.1) is 11.8 Å². The van der Waals surface area contributed by atoms with Crippen molar-refractivity contribution in [3.05, 3.63) is 0 Å². The molecule has 0 heterocycles. The first-order chi connectivity index (χ1) is 6.43. The van der Waals surface area contributed by atoms with Crippen LogP contribution in [-0.2, 0) is 9.05 Å². The summed E-state index contributed by atoms with van der Waals surface area (Å²) < 4.78 is 11.5. The van der Waals surface area contributed by atoms with Crippen LogP contribution in [0.4, 0.5) is 0 Å². The Bertz CT molecular complexity index is 123. The van der Waals surface area contributed by atoms with Gasteiger partial charge in [0.05, 0.1) is 13.2 Å². The predicted molar refractivity (Wildman–Crippen MR) is 63.6 cm³/mol. The average Bonchev–Trinajstić information content (AvgIpc) is 2.02. The Morgan fingerprint density at radius 2 is 1.14 bits per heavy atom. The first kappa shape index (κ1) is 14.3. The molecule has 0 spiro atoms. The van der Waals surface area contributed by atoms with Crippen LogP contribution in [0.3, 0.4) is 0 Å². The molecule has 0 saturated carbocycles. The monoisotopic (exact) mass is 220 g/mol. The SMILES string of the molecule is CC(C)COP(OCC(C)C)C(C)C. The molecular formula is C11H25O2P. The third-order valence-electron chi connectivity index (χ3n) is 1.49. The Morgan fingerprint density at radius 1 is 0.786 bits per heavy atom. The molecule has 2 nitrogen and oxygen atoms in total. The Kier molecular flexibility index (Phi) is 7.81. The van der Waals surface area contributed by atoms with Gasteiger partial charge in [0.2, 0.25) is 0 Å². The van der Waals surface area contributed by atoms with Gasteiger partial charge in [-0.3, -0.25) is 0 Å². The molecule has 0 unspecified atom stereocenters. The van der Waals surface area contributed by atoms with Gasteiger partial charge in [-0.15, -0.1) is 0 Å². The van der Waals surface area contributed by atoms with E-state index >= 15 is 0 Å². The van der Waals surface area contributed by atoms with Crippen LogP contribution in [0.25, 0.3) is 0 Å². The Hall–Kier alpha value is 0.350. The summed E-state index contributed by atoms with van der Waals surface area (Å²) in [5.41, 5.74) is 0.488. The van der Waals surface area contributed by atoms with Crippen molar-refractivity contribution in [2.24, 2.45) is 11.8 Å². The summed E-state index contributed by atoms with van der Waals surface area (Å²) in [6.07, 6.45) is 0. The molecule has 0 N–H and O–H groups in total. The van der Waals surface area contributed by atoms with E-state index in [1.54, 1.807) is 0 Å². The fourth-order valence-electron chi connectivity index (χ4n) is 0.780. The largest absolute Gasteiger partial charge is 0.334 e. The van der Waals surface area contributed by atoms with Crippen LogP contribution in [0.5, 0.6) is 0 Å². The van der Waals surface area contributed by atoms with E-state index in [1.807, 2.05) is 0 Å². The zero-order valence-corrected chi connectivity index (χ0v) is 11.3. The summed E-state index contributed by atoms with van der Waals surface area (Å²) in [4.78, 5) is 0.